The maximum atomic E-state index is 13.5. The summed E-state index contributed by atoms with van der Waals surface area (Å²) in [6, 6.07) is 7.32. The highest BCUT2D eigenvalue weighted by Gasteiger charge is 2.45. The second-order valence-electron chi connectivity index (χ2n) is 8.08. The lowest BCUT2D eigenvalue weighted by Crippen LogP contribution is -2.43. The zero-order valence-electron chi connectivity index (χ0n) is 17.0. The molecule has 6 heteroatoms. The van der Waals surface area contributed by atoms with Crippen molar-refractivity contribution in [3.8, 4) is 28.7 Å². The summed E-state index contributed by atoms with van der Waals surface area (Å²) < 4.78 is 29.2. The van der Waals surface area contributed by atoms with Crippen molar-refractivity contribution < 1.29 is 28.5 Å². The van der Waals surface area contributed by atoms with Gasteiger partial charge in [-0.25, -0.2) is 0 Å². The lowest BCUT2D eigenvalue weighted by atomic mass is 9.81. The van der Waals surface area contributed by atoms with Gasteiger partial charge < -0.3 is 23.7 Å². The van der Waals surface area contributed by atoms with E-state index in [0.29, 0.717) is 41.1 Å². The first-order chi connectivity index (χ1) is 14.0. The van der Waals surface area contributed by atoms with Gasteiger partial charge in [0.05, 0.1) is 25.7 Å². The van der Waals surface area contributed by atoms with Crippen LogP contribution in [-0.2, 0) is 6.42 Å². The van der Waals surface area contributed by atoms with Gasteiger partial charge in [-0.05, 0) is 24.1 Å². The Kier molecular flexibility index (Phi) is 4.12. The molecule has 0 amide bonds. The number of Topliss-reactive ketones (excluding diaryl/α,β-unsaturated/α-hetero) is 1. The van der Waals surface area contributed by atoms with Crippen molar-refractivity contribution in [3.05, 3.63) is 41.0 Å². The Hall–Kier alpha value is -2.89. The van der Waals surface area contributed by atoms with E-state index in [1.165, 1.54) is 0 Å². The third-order valence-electron chi connectivity index (χ3n) is 6.09. The Morgan fingerprint density at radius 2 is 1.79 bits per heavy atom. The van der Waals surface area contributed by atoms with E-state index in [-0.39, 0.29) is 18.0 Å². The zero-order chi connectivity index (χ0) is 20.3. The standard InChI is InChI=1S/C23H24O6/c1-11(2)16-8-14-15(28-16)6-5-12-22(24)21-13-7-18(25-3)19(26-4)9-17(13)27-10-20(21)29-23(12)14/h5-7,9,11,16,20-21H,8,10H2,1-4H3/t16?,20-,21+/m1/s1. The first-order valence-corrected chi connectivity index (χ1v) is 9.94. The minimum atomic E-state index is -0.438. The monoisotopic (exact) mass is 396 g/mol. The largest absolute Gasteiger partial charge is 0.493 e. The van der Waals surface area contributed by atoms with E-state index in [1.807, 2.05) is 18.2 Å². The number of rotatable bonds is 3. The molecule has 29 heavy (non-hydrogen) atoms. The van der Waals surface area contributed by atoms with Crippen LogP contribution >= 0.6 is 0 Å². The smallest absolute Gasteiger partial charge is 0.178 e. The fraction of sp³-hybridized carbons (Fsp3) is 0.435. The second-order valence-corrected chi connectivity index (χ2v) is 8.08. The van der Waals surface area contributed by atoms with E-state index in [9.17, 15) is 4.79 Å². The molecule has 5 rings (SSSR count). The Bertz CT molecular complexity index is 995. The van der Waals surface area contributed by atoms with Gasteiger partial charge in [-0.3, -0.25) is 4.79 Å². The van der Waals surface area contributed by atoms with Crippen LogP contribution in [0.2, 0.25) is 0 Å². The van der Waals surface area contributed by atoms with E-state index in [1.54, 1.807) is 20.3 Å². The van der Waals surface area contributed by atoms with Crippen LogP contribution in [0.1, 0.15) is 41.3 Å². The maximum absolute atomic E-state index is 13.5. The minimum Gasteiger partial charge on any atom is -0.493 e. The van der Waals surface area contributed by atoms with Crippen molar-refractivity contribution in [2.75, 3.05) is 20.8 Å². The van der Waals surface area contributed by atoms with Crippen LogP contribution in [0.15, 0.2) is 24.3 Å². The summed E-state index contributed by atoms with van der Waals surface area (Å²) in [6.45, 7) is 4.58. The van der Waals surface area contributed by atoms with Crippen molar-refractivity contribution in [2.45, 2.75) is 38.4 Å². The van der Waals surface area contributed by atoms with Crippen LogP contribution in [-0.4, -0.2) is 38.8 Å². The van der Waals surface area contributed by atoms with Crippen molar-refractivity contribution in [3.63, 3.8) is 0 Å². The number of ether oxygens (including phenoxy) is 5. The maximum Gasteiger partial charge on any atom is 0.178 e. The number of methoxy groups -OCH3 is 2. The van der Waals surface area contributed by atoms with E-state index in [2.05, 4.69) is 13.8 Å². The van der Waals surface area contributed by atoms with Gasteiger partial charge in [0.25, 0.3) is 0 Å². The van der Waals surface area contributed by atoms with Crippen molar-refractivity contribution in [1.82, 2.24) is 0 Å². The van der Waals surface area contributed by atoms with Gasteiger partial charge in [-0.2, -0.15) is 0 Å². The molecule has 0 saturated carbocycles. The van der Waals surface area contributed by atoms with Crippen LogP contribution in [0.25, 0.3) is 0 Å². The summed E-state index contributed by atoms with van der Waals surface area (Å²) in [5, 5.41) is 0. The molecule has 3 heterocycles. The molecule has 0 aliphatic carbocycles. The molecule has 0 saturated heterocycles. The minimum absolute atomic E-state index is 0.0452. The predicted octanol–water partition coefficient (Wildman–Crippen LogP) is 3.78. The van der Waals surface area contributed by atoms with Crippen molar-refractivity contribution in [1.29, 1.82) is 0 Å². The molecule has 3 atom stereocenters. The SMILES string of the molecule is COc1cc2c(cc1OC)[C@@H]1C(=O)c3ccc4c(c3O[C@@H]1CO2)CC(C(C)C)O4. The molecule has 2 aromatic rings. The summed E-state index contributed by atoms with van der Waals surface area (Å²) in [4.78, 5) is 13.5. The Morgan fingerprint density at radius 3 is 2.52 bits per heavy atom. The Labute approximate surface area is 169 Å². The van der Waals surface area contributed by atoms with Gasteiger partial charge in [0.2, 0.25) is 0 Å². The molecule has 2 aromatic carbocycles. The first kappa shape index (κ1) is 18.2. The highest BCUT2D eigenvalue weighted by atomic mass is 16.5. The van der Waals surface area contributed by atoms with Gasteiger partial charge in [0.15, 0.2) is 17.3 Å². The lowest BCUT2D eigenvalue weighted by Gasteiger charge is -2.37. The van der Waals surface area contributed by atoms with Crippen LogP contribution in [0.3, 0.4) is 0 Å². The van der Waals surface area contributed by atoms with Crippen molar-refractivity contribution >= 4 is 5.78 Å². The Balaban J connectivity index is 1.57. The average Bonchev–Trinajstić information content (AvgIpc) is 3.17. The molecule has 6 nitrogen and oxygen atoms in total. The lowest BCUT2D eigenvalue weighted by molar-refractivity contribution is 0.0554. The molecule has 0 aromatic heterocycles. The molecule has 152 valence electrons. The molecule has 0 radical (unpaired) electrons. The number of hydrogen-bond acceptors (Lipinski definition) is 6. The molecule has 0 bridgehead atoms. The highest BCUT2D eigenvalue weighted by molar-refractivity contribution is 6.06. The van der Waals surface area contributed by atoms with Gasteiger partial charge in [-0.15, -0.1) is 0 Å². The van der Waals surface area contributed by atoms with E-state index in [4.69, 9.17) is 23.7 Å². The molecule has 0 spiro atoms. The number of carbonyl (C=O) groups is 1. The van der Waals surface area contributed by atoms with Crippen molar-refractivity contribution in [2.24, 2.45) is 5.92 Å². The fourth-order valence-electron chi connectivity index (χ4n) is 4.46. The molecule has 0 N–H and O–H groups in total. The predicted molar refractivity (Wildman–Crippen MR) is 106 cm³/mol. The summed E-state index contributed by atoms with van der Waals surface area (Å²) in [5.41, 5.74) is 2.37. The Morgan fingerprint density at radius 1 is 1.03 bits per heavy atom. The van der Waals surface area contributed by atoms with Crippen LogP contribution < -0.4 is 23.7 Å². The number of hydrogen-bond donors (Lipinski definition) is 0. The van der Waals surface area contributed by atoms with Gasteiger partial charge in [-0.1, -0.05) is 13.8 Å². The summed E-state index contributed by atoms with van der Waals surface area (Å²) in [6.07, 6.45) is 0.474. The van der Waals surface area contributed by atoms with E-state index in [0.717, 1.165) is 23.3 Å². The third-order valence-corrected chi connectivity index (χ3v) is 6.09. The van der Waals surface area contributed by atoms with Crippen LogP contribution in [0, 0.1) is 5.92 Å². The topological polar surface area (TPSA) is 63.2 Å². The normalized spacial score (nSPS) is 23.8. The van der Waals surface area contributed by atoms with E-state index >= 15 is 0 Å². The number of fused-ring (bicyclic) bond motifs is 6. The molecule has 3 aliphatic heterocycles. The molecule has 0 fully saturated rings. The second kappa shape index (κ2) is 6.58. The summed E-state index contributed by atoms with van der Waals surface area (Å²) in [7, 11) is 3.16. The number of benzene rings is 2. The molecular weight excluding hydrogens is 372 g/mol. The number of ketones is 1. The van der Waals surface area contributed by atoms with Gasteiger partial charge >= 0.3 is 0 Å². The van der Waals surface area contributed by atoms with Gasteiger partial charge in [0.1, 0.15) is 36.1 Å². The number of carbonyl (C=O) groups excluding carboxylic acids is 1. The van der Waals surface area contributed by atoms with E-state index < -0.39 is 5.92 Å². The third kappa shape index (κ3) is 2.65. The quantitative estimate of drug-likeness (QED) is 0.787. The summed E-state index contributed by atoms with van der Waals surface area (Å²) >= 11 is 0. The molecule has 3 aliphatic rings. The van der Waals surface area contributed by atoms with Gasteiger partial charge in [0, 0.05) is 23.6 Å². The van der Waals surface area contributed by atoms with Crippen LogP contribution in [0.5, 0.6) is 28.7 Å². The molecular formula is C23H24O6. The zero-order valence-corrected chi connectivity index (χ0v) is 17.0. The fourth-order valence-corrected chi connectivity index (χ4v) is 4.46. The first-order valence-electron chi connectivity index (χ1n) is 9.94. The summed E-state index contributed by atoms with van der Waals surface area (Å²) in [5.74, 6) is 3.24. The molecule has 1 unspecified atom stereocenters. The average molecular weight is 396 g/mol. The highest BCUT2D eigenvalue weighted by Crippen LogP contribution is 2.49. The van der Waals surface area contributed by atoms with Crippen LogP contribution in [0.4, 0.5) is 0 Å².